The lowest BCUT2D eigenvalue weighted by Gasteiger charge is -2.09. The number of aryl methyl sites for hydroxylation is 2. The summed E-state index contributed by atoms with van der Waals surface area (Å²) in [5, 5.41) is 0.396. The van der Waals surface area contributed by atoms with Crippen molar-refractivity contribution >= 4 is 48.9 Å². The van der Waals surface area contributed by atoms with Gasteiger partial charge in [0, 0.05) is 11.6 Å². The molecule has 0 spiro atoms. The molecule has 2 aromatic carbocycles. The number of sulfonamides is 1. The van der Waals surface area contributed by atoms with Crippen LogP contribution in [0.4, 0.5) is 5.69 Å². The highest BCUT2D eigenvalue weighted by atomic mass is 35.5. The molecule has 0 aliphatic carbocycles. The van der Waals surface area contributed by atoms with Crippen LogP contribution in [0.5, 0.6) is 0 Å². The molecule has 0 saturated heterocycles. The smallest absolute Gasteiger partial charge is 0.299 e. The SMILES string of the molecule is CCCn1c(=O)sc2cc(NS(=O)(=O)c3ccc(C)c(Cl)c3)ccc21. The van der Waals surface area contributed by atoms with Crippen LogP contribution in [-0.2, 0) is 16.6 Å². The Balaban J connectivity index is 1.97. The van der Waals surface area contributed by atoms with Crippen molar-refractivity contribution in [3.05, 3.63) is 56.7 Å². The third kappa shape index (κ3) is 3.58. The molecule has 1 N–H and O–H groups in total. The van der Waals surface area contributed by atoms with Crippen molar-refractivity contribution in [3.8, 4) is 0 Å². The van der Waals surface area contributed by atoms with Crippen molar-refractivity contribution in [1.82, 2.24) is 4.57 Å². The Labute approximate surface area is 154 Å². The van der Waals surface area contributed by atoms with Crippen molar-refractivity contribution in [1.29, 1.82) is 0 Å². The zero-order valence-electron chi connectivity index (χ0n) is 13.7. The molecule has 0 aliphatic heterocycles. The molecule has 0 bridgehead atoms. The molecule has 3 rings (SSSR count). The van der Waals surface area contributed by atoms with Crippen LogP contribution in [0.1, 0.15) is 18.9 Å². The second-order valence-corrected chi connectivity index (χ2v) is 8.80. The topological polar surface area (TPSA) is 68.2 Å². The molecule has 5 nitrogen and oxygen atoms in total. The normalized spacial score (nSPS) is 11.8. The monoisotopic (exact) mass is 396 g/mol. The number of thiazole rings is 1. The highest BCUT2D eigenvalue weighted by molar-refractivity contribution is 7.92. The van der Waals surface area contributed by atoms with Gasteiger partial charge in [-0.2, -0.15) is 0 Å². The summed E-state index contributed by atoms with van der Waals surface area (Å²) in [6.45, 7) is 4.46. The van der Waals surface area contributed by atoms with E-state index in [1.54, 1.807) is 28.8 Å². The van der Waals surface area contributed by atoms with Crippen LogP contribution in [0.2, 0.25) is 5.02 Å². The number of rotatable bonds is 5. The minimum Gasteiger partial charge on any atom is -0.299 e. The zero-order chi connectivity index (χ0) is 18.2. The lowest BCUT2D eigenvalue weighted by Crippen LogP contribution is -2.13. The first kappa shape index (κ1) is 18.0. The van der Waals surface area contributed by atoms with Crippen LogP contribution in [0.25, 0.3) is 10.2 Å². The van der Waals surface area contributed by atoms with E-state index in [-0.39, 0.29) is 9.77 Å². The van der Waals surface area contributed by atoms with Crippen LogP contribution in [0, 0.1) is 6.92 Å². The number of hydrogen-bond acceptors (Lipinski definition) is 4. The van der Waals surface area contributed by atoms with Crippen LogP contribution in [-0.4, -0.2) is 13.0 Å². The Bertz CT molecular complexity index is 1100. The zero-order valence-corrected chi connectivity index (χ0v) is 16.1. The average Bonchev–Trinajstić information content (AvgIpc) is 2.85. The molecular weight excluding hydrogens is 380 g/mol. The highest BCUT2D eigenvalue weighted by Crippen LogP contribution is 2.25. The molecule has 0 aliphatic rings. The second kappa shape index (κ2) is 6.82. The van der Waals surface area contributed by atoms with E-state index in [1.165, 1.54) is 12.1 Å². The molecule has 0 radical (unpaired) electrons. The number of anilines is 1. The molecule has 25 heavy (non-hydrogen) atoms. The van der Waals surface area contributed by atoms with Crippen molar-refractivity contribution in [3.63, 3.8) is 0 Å². The lowest BCUT2D eigenvalue weighted by molar-refractivity contribution is 0.601. The number of benzene rings is 2. The summed E-state index contributed by atoms with van der Waals surface area (Å²) < 4.78 is 30.1. The predicted octanol–water partition coefficient (Wildman–Crippen LogP) is 4.24. The van der Waals surface area contributed by atoms with E-state index in [0.717, 1.165) is 33.5 Å². The van der Waals surface area contributed by atoms with E-state index in [0.29, 0.717) is 17.3 Å². The van der Waals surface area contributed by atoms with Gasteiger partial charge in [0.1, 0.15) is 0 Å². The van der Waals surface area contributed by atoms with Gasteiger partial charge in [-0.05, 0) is 49.2 Å². The quantitative estimate of drug-likeness (QED) is 0.701. The summed E-state index contributed by atoms with van der Waals surface area (Å²) in [6.07, 6.45) is 0.855. The van der Waals surface area contributed by atoms with Crippen molar-refractivity contribution in [2.75, 3.05) is 4.72 Å². The molecular formula is C17H17ClN2O3S2. The van der Waals surface area contributed by atoms with Gasteiger partial charge in [0.15, 0.2) is 0 Å². The average molecular weight is 397 g/mol. The minimum absolute atomic E-state index is 0.0397. The van der Waals surface area contributed by atoms with Crippen LogP contribution in [0.15, 0.2) is 46.1 Å². The van der Waals surface area contributed by atoms with Gasteiger partial charge >= 0.3 is 4.87 Å². The number of fused-ring (bicyclic) bond motifs is 1. The molecule has 0 unspecified atom stereocenters. The van der Waals surface area contributed by atoms with E-state index in [9.17, 15) is 13.2 Å². The van der Waals surface area contributed by atoms with Crippen molar-refractivity contribution in [2.24, 2.45) is 0 Å². The van der Waals surface area contributed by atoms with Crippen LogP contribution in [0.3, 0.4) is 0 Å². The molecule has 0 fully saturated rings. The number of nitrogens with zero attached hydrogens (tertiary/aromatic N) is 1. The molecule has 1 aromatic heterocycles. The van der Waals surface area contributed by atoms with E-state index in [4.69, 9.17) is 11.6 Å². The Morgan fingerprint density at radius 2 is 1.96 bits per heavy atom. The highest BCUT2D eigenvalue weighted by Gasteiger charge is 2.16. The first-order chi connectivity index (χ1) is 11.8. The van der Waals surface area contributed by atoms with Crippen molar-refractivity contribution in [2.45, 2.75) is 31.7 Å². The number of nitrogens with one attached hydrogen (secondary N) is 1. The van der Waals surface area contributed by atoms with E-state index < -0.39 is 10.0 Å². The largest absolute Gasteiger partial charge is 0.308 e. The summed E-state index contributed by atoms with van der Waals surface area (Å²) in [5.41, 5.74) is 2.04. The van der Waals surface area contributed by atoms with Gasteiger partial charge in [-0.3, -0.25) is 14.1 Å². The molecule has 0 atom stereocenters. The van der Waals surface area contributed by atoms with Gasteiger partial charge in [0.25, 0.3) is 10.0 Å². The third-order valence-corrected chi connectivity index (χ3v) is 6.55. The van der Waals surface area contributed by atoms with Gasteiger partial charge in [-0.1, -0.05) is 35.9 Å². The van der Waals surface area contributed by atoms with Crippen molar-refractivity contribution < 1.29 is 8.42 Å². The van der Waals surface area contributed by atoms with Crippen LogP contribution < -0.4 is 9.60 Å². The molecule has 132 valence electrons. The third-order valence-electron chi connectivity index (χ3n) is 3.82. The van der Waals surface area contributed by atoms with E-state index in [2.05, 4.69) is 4.72 Å². The fraction of sp³-hybridized carbons (Fsp3) is 0.235. The van der Waals surface area contributed by atoms with Gasteiger partial charge in [0.05, 0.1) is 20.8 Å². The molecule has 0 saturated carbocycles. The Kier molecular flexibility index (Phi) is 4.90. The first-order valence-electron chi connectivity index (χ1n) is 7.74. The maximum Gasteiger partial charge on any atom is 0.308 e. The Morgan fingerprint density at radius 1 is 1.20 bits per heavy atom. The van der Waals surface area contributed by atoms with E-state index in [1.807, 2.05) is 13.8 Å². The summed E-state index contributed by atoms with van der Waals surface area (Å²) in [5.74, 6) is 0. The molecule has 8 heteroatoms. The molecule has 0 amide bonds. The molecule has 3 aromatic rings. The number of hydrogen-bond donors (Lipinski definition) is 1. The summed E-state index contributed by atoms with van der Waals surface area (Å²) in [4.78, 5) is 12.1. The van der Waals surface area contributed by atoms with Gasteiger partial charge in [-0.25, -0.2) is 8.42 Å². The van der Waals surface area contributed by atoms with Gasteiger partial charge in [0.2, 0.25) is 0 Å². The fourth-order valence-electron chi connectivity index (χ4n) is 2.52. The van der Waals surface area contributed by atoms with Gasteiger partial charge < -0.3 is 0 Å². The molecule has 1 heterocycles. The maximum atomic E-state index is 12.5. The number of halogens is 1. The maximum absolute atomic E-state index is 12.5. The second-order valence-electron chi connectivity index (χ2n) is 5.72. The lowest BCUT2D eigenvalue weighted by atomic mass is 10.2. The van der Waals surface area contributed by atoms with Gasteiger partial charge in [-0.15, -0.1) is 0 Å². The first-order valence-corrected chi connectivity index (χ1v) is 10.4. The Hall–Kier alpha value is -1.83. The van der Waals surface area contributed by atoms with E-state index >= 15 is 0 Å². The van der Waals surface area contributed by atoms with Crippen LogP contribution >= 0.6 is 22.9 Å². The minimum atomic E-state index is -3.75. The fourth-order valence-corrected chi connectivity index (χ4v) is 4.80. The summed E-state index contributed by atoms with van der Waals surface area (Å²) in [6, 6.07) is 9.71. The predicted molar refractivity (Wildman–Crippen MR) is 103 cm³/mol. The summed E-state index contributed by atoms with van der Waals surface area (Å²) in [7, 11) is -3.75. The Morgan fingerprint density at radius 3 is 2.64 bits per heavy atom. The standard InChI is InChI=1S/C17H17ClN2O3S2/c1-3-8-20-15-7-5-12(9-16(15)24-17(20)21)19-25(22,23)13-6-4-11(2)14(18)10-13/h4-7,9-10,19H,3,8H2,1-2H3. The number of aromatic nitrogens is 1. The summed E-state index contributed by atoms with van der Waals surface area (Å²) >= 11 is 7.13.